The van der Waals surface area contributed by atoms with E-state index in [0.717, 1.165) is 12.1 Å². The van der Waals surface area contributed by atoms with Crippen LogP contribution in [0.25, 0.3) is 0 Å². The smallest absolute Gasteiger partial charge is 0.335 e. The summed E-state index contributed by atoms with van der Waals surface area (Å²) in [7, 11) is 0. The predicted octanol–water partition coefficient (Wildman–Crippen LogP) is 4.91. The highest BCUT2D eigenvalue weighted by atomic mass is 35.6. The lowest BCUT2D eigenvalue weighted by atomic mass is 9.92. The Balaban J connectivity index is 3.65. The summed E-state index contributed by atoms with van der Waals surface area (Å²) in [6, 6.07) is 2.22. The van der Waals surface area contributed by atoms with Crippen molar-refractivity contribution in [3.63, 3.8) is 0 Å². The minimum absolute atomic E-state index is 0.00118. The molecule has 0 aliphatic carbocycles. The number of carbonyl (C=O) groups is 2. The van der Waals surface area contributed by atoms with Crippen LogP contribution < -0.4 is 0 Å². The molecule has 1 rings (SSSR count). The summed E-state index contributed by atoms with van der Waals surface area (Å²) < 4.78 is -3.69. The molecule has 0 unspecified atom stereocenters. The lowest BCUT2D eigenvalue weighted by molar-refractivity contribution is 0.0679. The number of alkyl halides is 6. The molecule has 1 aromatic rings. The van der Waals surface area contributed by atoms with Crippen molar-refractivity contribution in [2.24, 2.45) is 0 Å². The zero-order valence-electron chi connectivity index (χ0n) is 10.5. The summed E-state index contributed by atoms with van der Waals surface area (Å²) in [5.41, 5.74) is -0.446. The van der Waals surface area contributed by atoms with Crippen molar-refractivity contribution in [2.45, 2.75) is 20.4 Å². The topological polar surface area (TPSA) is 74.6 Å². The van der Waals surface area contributed by atoms with Gasteiger partial charge in [-0.15, -0.1) is 0 Å². The third kappa shape index (κ3) is 5.84. The lowest BCUT2D eigenvalue weighted by Gasteiger charge is -2.21. The summed E-state index contributed by atoms with van der Waals surface area (Å²) in [6.07, 6.45) is -0.701. The molecule has 0 saturated heterocycles. The summed E-state index contributed by atoms with van der Waals surface area (Å²) >= 11 is 34.3. The Morgan fingerprint density at radius 2 is 1.05 bits per heavy atom. The SMILES string of the molecule is O=C(O)c1ccc(C(=O)O)c(CC(Cl)(Cl)Cl)c1CC(Cl)(Cl)Cl. The van der Waals surface area contributed by atoms with Gasteiger partial charge in [0.05, 0.1) is 11.1 Å². The molecule has 0 atom stereocenters. The maximum absolute atomic E-state index is 11.3. The van der Waals surface area contributed by atoms with Crippen molar-refractivity contribution < 1.29 is 19.8 Å². The molecule has 2 N–H and O–H groups in total. The Hall–Kier alpha value is -0.100. The van der Waals surface area contributed by atoms with Crippen LogP contribution in [0.1, 0.15) is 31.8 Å². The second kappa shape index (κ2) is 7.20. The highest BCUT2D eigenvalue weighted by Crippen LogP contribution is 2.38. The largest absolute Gasteiger partial charge is 0.478 e. The van der Waals surface area contributed by atoms with Crippen LogP contribution >= 0.6 is 69.6 Å². The van der Waals surface area contributed by atoms with Crippen LogP contribution in [0.5, 0.6) is 0 Å². The van der Waals surface area contributed by atoms with Gasteiger partial charge in [-0.25, -0.2) is 9.59 Å². The Bertz CT molecular complexity index is 550. The Kier molecular flexibility index (Phi) is 6.53. The van der Waals surface area contributed by atoms with Gasteiger partial charge >= 0.3 is 11.9 Å². The number of rotatable bonds is 4. The second-order valence-corrected chi connectivity index (χ2v) is 9.34. The molecule has 0 heterocycles. The van der Waals surface area contributed by atoms with E-state index in [1.807, 2.05) is 0 Å². The first-order valence-electron chi connectivity index (χ1n) is 5.56. The molecule has 1 aromatic carbocycles. The number of halogens is 6. The Morgan fingerprint density at radius 3 is 1.23 bits per heavy atom. The highest BCUT2D eigenvalue weighted by Gasteiger charge is 2.32. The van der Waals surface area contributed by atoms with E-state index >= 15 is 0 Å². The Morgan fingerprint density at radius 1 is 0.773 bits per heavy atom. The average molecular weight is 429 g/mol. The summed E-state index contributed by atoms with van der Waals surface area (Å²) in [6.45, 7) is 0. The van der Waals surface area contributed by atoms with E-state index in [9.17, 15) is 19.8 Å². The van der Waals surface area contributed by atoms with Crippen LogP contribution in [-0.4, -0.2) is 29.7 Å². The maximum Gasteiger partial charge on any atom is 0.335 e. The molecular formula is C12H8Cl6O4. The molecule has 122 valence electrons. The van der Waals surface area contributed by atoms with Crippen LogP contribution in [0.4, 0.5) is 0 Å². The van der Waals surface area contributed by atoms with Gasteiger partial charge < -0.3 is 10.2 Å². The quantitative estimate of drug-likeness (QED) is 0.668. The number of hydrogen-bond acceptors (Lipinski definition) is 2. The van der Waals surface area contributed by atoms with Crippen molar-refractivity contribution in [3.05, 3.63) is 34.4 Å². The van der Waals surface area contributed by atoms with Crippen molar-refractivity contribution in [1.29, 1.82) is 0 Å². The van der Waals surface area contributed by atoms with E-state index in [0.29, 0.717) is 0 Å². The lowest BCUT2D eigenvalue weighted by Crippen LogP contribution is -2.20. The number of carboxylic acids is 2. The molecule has 0 amide bonds. The van der Waals surface area contributed by atoms with Crippen molar-refractivity contribution in [1.82, 2.24) is 0 Å². The van der Waals surface area contributed by atoms with Crippen LogP contribution in [-0.2, 0) is 12.8 Å². The average Bonchev–Trinajstić information content (AvgIpc) is 2.26. The van der Waals surface area contributed by atoms with Crippen LogP contribution in [0.15, 0.2) is 12.1 Å². The molecule has 4 nitrogen and oxygen atoms in total. The molecular weight excluding hydrogens is 421 g/mol. The van der Waals surface area contributed by atoms with Crippen molar-refractivity contribution >= 4 is 81.5 Å². The summed E-state index contributed by atoms with van der Waals surface area (Å²) in [5, 5.41) is 18.5. The monoisotopic (exact) mass is 426 g/mol. The van der Waals surface area contributed by atoms with Gasteiger partial charge in [0.1, 0.15) is 0 Å². The molecule has 0 bridgehead atoms. The molecule has 0 spiro atoms. The van der Waals surface area contributed by atoms with Gasteiger partial charge in [-0.3, -0.25) is 0 Å². The minimum Gasteiger partial charge on any atom is -0.478 e. The second-order valence-electron chi connectivity index (χ2n) is 4.31. The molecule has 10 heteroatoms. The third-order valence-corrected chi connectivity index (χ3v) is 3.45. The molecule has 22 heavy (non-hydrogen) atoms. The van der Waals surface area contributed by atoms with Gasteiger partial charge in [0.15, 0.2) is 7.59 Å². The van der Waals surface area contributed by atoms with Crippen molar-refractivity contribution in [3.8, 4) is 0 Å². The van der Waals surface area contributed by atoms with Gasteiger partial charge in [0.2, 0.25) is 0 Å². The molecule has 0 aromatic heterocycles. The number of carboxylic acid groups (broad SMARTS) is 2. The van der Waals surface area contributed by atoms with E-state index in [4.69, 9.17) is 69.6 Å². The number of benzene rings is 1. The van der Waals surface area contributed by atoms with E-state index < -0.39 is 19.5 Å². The number of aromatic carboxylic acids is 2. The standard InChI is InChI=1S/C12H8Cl6O4/c13-11(14,15)3-7-5(9(19)20)1-2-6(10(21)22)8(7)4-12(16,17)18/h1-2H,3-4H2,(H,19,20)(H,21,22). The molecule has 0 radical (unpaired) electrons. The van der Waals surface area contributed by atoms with E-state index in [2.05, 4.69) is 0 Å². The highest BCUT2D eigenvalue weighted by molar-refractivity contribution is 6.68. The third-order valence-electron chi connectivity index (χ3n) is 2.65. The first-order valence-corrected chi connectivity index (χ1v) is 7.83. The zero-order valence-corrected chi connectivity index (χ0v) is 15.1. The first-order chi connectivity index (χ1) is 9.82. The van der Waals surface area contributed by atoms with Gasteiger partial charge in [-0.2, -0.15) is 0 Å². The first kappa shape index (κ1) is 19.9. The predicted molar refractivity (Wildman–Crippen MR) is 88.3 cm³/mol. The van der Waals surface area contributed by atoms with Crippen LogP contribution in [0, 0.1) is 0 Å². The summed E-state index contributed by atoms with van der Waals surface area (Å²) in [4.78, 5) is 22.7. The van der Waals surface area contributed by atoms with Gasteiger partial charge in [-0.1, -0.05) is 69.6 Å². The summed E-state index contributed by atoms with van der Waals surface area (Å²) in [5.74, 6) is -2.63. The number of hydrogen-bond donors (Lipinski definition) is 2. The van der Waals surface area contributed by atoms with E-state index in [1.165, 1.54) is 0 Å². The van der Waals surface area contributed by atoms with Crippen molar-refractivity contribution in [2.75, 3.05) is 0 Å². The fraction of sp³-hybridized carbons (Fsp3) is 0.333. The van der Waals surface area contributed by atoms with Crippen LogP contribution in [0.3, 0.4) is 0 Å². The van der Waals surface area contributed by atoms with Gasteiger partial charge in [0.25, 0.3) is 0 Å². The molecule has 0 saturated carbocycles. The normalized spacial score (nSPS) is 12.3. The van der Waals surface area contributed by atoms with Gasteiger partial charge in [0, 0.05) is 12.8 Å². The van der Waals surface area contributed by atoms with E-state index in [-0.39, 0.29) is 35.1 Å². The zero-order chi connectivity index (χ0) is 17.3. The maximum atomic E-state index is 11.3. The van der Waals surface area contributed by atoms with E-state index in [1.54, 1.807) is 0 Å². The minimum atomic E-state index is -1.84. The van der Waals surface area contributed by atoms with Crippen LogP contribution in [0.2, 0.25) is 0 Å². The molecule has 0 aliphatic heterocycles. The molecule has 0 fully saturated rings. The Labute approximate surface area is 155 Å². The fourth-order valence-electron chi connectivity index (χ4n) is 1.90. The van der Waals surface area contributed by atoms with Gasteiger partial charge in [-0.05, 0) is 23.3 Å². The molecule has 0 aliphatic rings. The fourth-order valence-corrected chi connectivity index (χ4v) is 2.70.